The third-order valence-electron chi connectivity index (χ3n) is 1.85. The second-order valence-electron chi connectivity index (χ2n) is 2.70. The lowest BCUT2D eigenvalue weighted by Gasteiger charge is -2.25. The molecule has 12 heavy (non-hydrogen) atoms. The molecule has 1 rings (SSSR count). The summed E-state index contributed by atoms with van der Waals surface area (Å²) in [5.74, 6) is 0.792. The van der Waals surface area contributed by atoms with E-state index in [0.717, 1.165) is 12.4 Å². The monoisotopic (exact) mass is 193 g/mol. The molecule has 0 aromatic carbocycles. The summed E-state index contributed by atoms with van der Waals surface area (Å²) in [7, 11) is 0. The summed E-state index contributed by atoms with van der Waals surface area (Å²) in [6, 6.07) is 0. The quantitative estimate of drug-likeness (QED) is 0.533. The smallest absolute Gasteiger partial charge is 0.290 e. The highest BCUT2D eigenvalue weighted by molar-refractivity contribution is 6.18. The van der Waals surface area contributed by atoms with Crippen LogP contribution in [0.4, 0.5) is 0 Å². The lowest BCUT2D eigenvalue weighted by atomic mass is 10.1. The average Bonchev–Trinajstić information content (AvgIpc) is 2.08. The van der Waals surface area contributed by atoms with E-state index in [1.807, 2.05) is 0 Å². The predicted octanol–water partition coefficient (Wildman–Crippen LogP) is 1.41. The van der Waals surface area contributed by atoms with E-state index < -0.39 is 0 Å². The van der Waals surface area contributed by atoms with Gasteiger partial charge >= 0.3 is 0 Å². The van der Waals surface area contributed by atoms with Gasteiger partial charge in [-0.25, -0.2) is 0 Å². The first-order chi connectivity index (χ1) is 5.85. The summed E-state index contributed by atoms with van der Waals surface area (Å²) in [6.07, 6.45) is 4.16. The number of likely N-dealkylation sites (tertiary alicyclic amines) is 1. The van der Waals surface area contributed by atoms with Crippen LogP contribution in [0.2, 0.25) is 0 Å². The van der Waals surface area contributed by atoms with Gasteiger partial charge in [-0.15, -0.1) is 11.6 Å². The number of rotatable bonds is 2. The van der Waals surface area contributed by atoms with Crippen molar-refractivity contribution in [3.8, 4) is 0 Å². The number of nitrogens with zero attached hydrogens (tertiary/aromatic N) is 1. The Morgan fingerprint density at radius 2 is 1.83 bits per heavy atom. The van der Waals surface area contributed by atoms with E-state index in [2.05, 4.69) is 4.90 Å². The van der Waals surface area contributed by atoms with Gasteiger partial charge in [-0.05, 0) is 25.9 Å². The second-order valence-corrected chi connectivity index (χ2v) is 3.07. The minimum absolute atomic E-state index is 0.250. The van der Waals surface area contributed by atoms with Gasteiger partial charge in [0.25, 0.3) is 6.47 Å². The Bertz CT molecular complexity index is 102. The number of alkyl halides is 1. The van der Waals surface area contributed by atoms with Crippen molar-refractivity contribution in [1.29, 1.82) is 0 Å². The fraction of sp³-hybridized carbons (Fsp3) is 0.875. The lowest BCUT2D eigenvalue weighted by Crippen LogP contribution is -2.31. The Hall–Kier alpha value is -0.280. The molecule has 0 unspecified atom stereocenters. The average molecular weight is 194 g/mol. The number of hydrogen-bond donors (Lipinski definition) is 1. The van der Waals surface area contributed by atoms with E-state index in [9.17, 15) is 0 Å². The molecular formula is C8H16ClNO2. The third-order valence-corrected chi connectivity index (χ3v) is 2.02. The fourth-order valence-electron chi connectivity index (χ4n) is 1.30. The summed E-state index contributed by atoms with van der Waals surface area (Å²) < 4.78 is 0. The van der Waals surface area contributed by atoms with Gasteiger partial charge in [-0.1, -0.05) is 6.42 Å². The SMILES string of the molecule is ClCCN1CCCCC1.O=CO. The largest absolute Gasteiger partial charge is 0.483 e. The molecule has 0 saturated carbocycles. The van der Waals surface area contributed by atoms with Crippen LogP contribution in [-0.4, -0.2) is 42.0 Å². The Labute approximate surface area is 78.3 Å². The zero-order valence-electron chi connectivity index (χ0n) is 7.21. The molecule has 0 bridgehead atoms. The van der Waals surface area contributed by atoms with E-state index in [-0.39, 0.29) is 6.47 Å². The van der Waals surface area contributed by atoms with Crippen LogP contribution in [0, 0.1) is 0 Å². The van der Waals surface area contributed by atoms with Crippen molar-refractivity contribution in [3.63, 3.8) is 0 Å². The van der Waals surface area contributed by atoms with Crippen LogP contribution in [0.1, 0.15) is 19.3 Å². The van der Waals surface area contributed by atoms with Crippen molar-refractivity contribution in [2.75, 3.05) is 25.5 Å². The number of carboxylic acid groups (broad SMARTS) is 1. The van der Waals surface area contributed by atoms with Crippen LogP contribution < -0.4 is 0 Å². The number of halogens is 1. The Kier molecular flexibility index (Phi) is 8.61. The molecule has 3 nitrogen and oxygen atoms in total. The summed E-state index contributed by atoms with van der Waals surface area (Å²) >= 11 is 5.59. The molecular weight excluding hydrogens is 178 g/mol. The maximum atomic E-state index is 8.36. The molecule has 0 aromatic heterocycles. The van der Waals surface area contributed by atoms with Gasteiger partial charge in [0.15, 0.2) is 0 Å². The summed E-state index contributed by atoms with van der Waals surface area (Å²) in [4.78, 5) is 10.8. The first kappa shape index (κ1) is 11.7. The first-order valence-electron chi connectivity index (χ1n) is 4.21. The second kappa shape index (κ2) is 8.81. The Balaban J connectivity index is 0.000000354. The van der Waals surface area contributed by atoms with E-state index in [0.29, 0.717) is 0 Å². The van der Waals surface area contributed by atoms with Crippen molar-refractivity contribution in [2.24, 2.45) is 0 Å². The molecule has 0 radical (unpaired) electrons. The number of hydrogen-bond acceptors (Lipinski definition) is 2. The molecule has 72 valence electrons. The normalized spacial score (nSPS) is 17.8. The van der Waals surface area contributed by atoms with Crippen LogP contribution in [0.5, 0.6) is 0 Å². The minimum Gasteiger partial charge on any atom is -0.483 e. The molecule has 0 amide bonds. The van der Waals surface area contributed by atoms with Crippen molar-refractivity contribution in [2.45, 2.75) is 19.3 Å². The molecule has 0 aromatic rings. The predicted molar refractivity (Wildman–Crippen MR) is 49.7 cm³/mol. The van der Waals surface area contributed by atoms with E-state index in [4.69, 9.17) is 21.5 Å². The van der Waals surface area contributed by atoms with E-state index >= 15 is 0 Å². The zero-order chi connectivity index (χ0) is 9.23. The Morgan fingerprint density at radius 3 is 2.25 bits per heavy atom. The summed E-state index contributed by atoms with van der Waals surface area (Å²) in [5, 5.41) is 6.89. The van der Waals surface area contributed by atoms with E-state index in [1.165, 1.54) is 32.4 Å². The molecule has 1 aliphatic rings. The van der Waals surface area contributed by atoms with Crippen molar-refractivity contribution in [1.82, 2.24) is 4.90 Å². The highest BCUT2D eigenvalue weighted by Crippen LogP contribution is 2.07. The van der Waals surface area contributed by atoms with Crippen molar-refractivity contribution in [3.05, 3.63) is 0 Å². The van der Waals surface area contributed by atoms with Gasteiger partial charge in [-0.2, -0.15) is 0 Å². The zero-order valence-corrected chi connectivity index (χ0v) is 7.96. The molecule has 1 N–H and O–H groups in total. The Morgan fingerprint density at radius 1 is 1.33 bits per heavy atom. The molecule has 0 spiro atoms. The first-order valence-corrected chi connectivity index (χ1v) is 4.74. The topological polar surface area (TPSA) is 40.5 Å². The number of piperidine rings is 1. The van der Waals surface area contributed by atoms with Gasteiger partial charge in [0.2, 0.25) is 0 Å². The number of carbonyl (C=O) groups is 1. The fourth-order valence-corrected chi connectivity index (χ4v) is 1.54. The third kappa shape index (κ3) is 6.43. The van der Waals surface area contributed by atoms with Gasteiger partial charge < -0.3 is 10.0 Å². The highest BCUT2D eigenvalue weighted by Gasteiger charge is 2.07. The van der Waals surface area contributed by atoms with Gasteiger partial charge in [-0.3, -0.25) is 4.79 Å². The van der Waals surface area contributed by atoms with E-state index in [1.54, 1.807) is 0 Å². The molecule has 0 atom stereocenters. The molecule has 1 saturated heterocycles. The van der Waals surface area contributed by atoms with Crippen molar-refractivity contribution >= 4 is 18.1 Å². The van der Waals surface area contributed by atoms with Gasteiger partial charge in [0.05, 0.1) is 0 Å². The standard InChI is InChI=1S/C7H14ClN.CH2O2/c8-4-7-9-5-2-1-3-6-9;2-1-3/h1-7H2;1H,(H,2,3). The molecule has 0 aliphatic carbocycles. The van der Waals surface area contributed by atoms with Crippen LogP contribution in [0.3, 0.4) is 0 Å². The lowest BCUT2D eigenvalue weighted by molar-refractivity contribution is -0.122. The van der Waals surface area contributed by atoms with Crippen LogP contribution >= 0.6 is 11.6 Å². The van der Waals surface area contributed by atoms with Crippen LogP contribution in [-0.2, 0) is 4.79 Å². The summed E-state index contributed by atoms with van der Waals surface area (Å²) in [6.45, 7) is 3.38. The molecule has 4 heteroatoms. The van der Waals surface area contributed by atoms with Gasteiger partial charge in [0.1, 0.15) is 0 Å². The van der Waals surface area contributed by atoms with Crippen LogP contribution in [0.25, 0.3) is 0 Å². The van der Waals surface area contributed by atoms with Crippen LogP contribution in [0.15, 0.2) is 0 Å². The molecule has 1 heterocycles. The molecule has 1 fully saturated rings. The summed E-state index contributed by atoms with van der Waals surface area (Å²) in [5.41, 5.74) is 0. The van der Waals surface area contributed by atoms with Crippen molar-refractivity contribution < 1.29 is 9.90 Å². The van der Waals surface area contributed by atoms with Gasteiger partial charge in [0, 0.05) is 12.4 Å². The maximum Gasteiger partial charge on any atom is 0.290 e. The molecule has 1 aliphatic heterocycles. The maximum absolute atomic E-state index is 8.36. The highest BCUT2D eigenvalue weighted by atomic mass is 35.5. The minimum atomic E-state index is -0.250.